The van der Waals surface area contributed by atoms with Crippen LogP contribution in [-0.4, -0.2) is 0 Å². The molecular weight excluding hydrogens is 749 g/mol. The summed E-state index contributed by atoms with van der Waals surface area (Å²) in [5, 5.41) is 9.65. The molecule has 2 heterocycles. The highest BCUT2D eigenvalue weighted by Gasteiger charge is 2.23. The lowest BCUT2D eigenvalue weighted by Gasteiger charge is -2.30. The van der Waals surface area contributed by atoms with Crippen LogP contribution in [0.25, 0.3) is 74.8 Å². The van der Waals surface area contributed by atoms with Crippen LogP contribution < -0.4 is 9.80 Å². The SMILES string of the molecule is c1ccc(N(c2cc(-c3cc4ccccc4c4ccccc34)cc(N(c3ccccc3)c3cccc4c3sc3ccccc34)c2)c2ccc3oc4ccccc4c3c2)cc1. The average Bonchev–Trinajstić information content (AvgIpc) is 3.88. The van der Waals surface area contributed by atoms with Crippen molar-refractivity contribution in [1.82, 2.24) is 0 Å². The predicted octanol–water partition coefficient (Wildman–Crippen LogP) is 16.9. The largest absolute Gasteiger partial charge is 0.456 e. The Kier molecular flexibility index (Phi) is 8.03. The van der Waals surface area contributed by atoms with Crippen LogP contribution in [0.5, 0.6) is 0 Å². The number of fused-ring (bicyclic) bond motifs is 9. The summed E-state index contributed by atoms with van der Waals surface area (Å²) in [5.74, 6) is 0. The maximum Gasteiger partial charge on any atom is 0.135 e. The Hall–Kier alpha value is -7.66. The van der Waals surface area contributed by atoms with Gasteiger partial charge in [0.05, 0.1) is 10.4 Å². The van der Waals surface area contributed by atoms with Crippen LogP contribution in [0, 0.1) is 0 Å². The Morgan fingerprint density at radius 2 is 0.933 bits per heavy atom. The quantitative estimate of drug-likeness (QED) is 0.150. The minimum absolute atomic E-state index is 0.872. The van der Waals surface area contributed by atoms with Gasteiger partial charge in [0.2, 0.25) is 0 Å². The van der Waals surface area contributed by atoms with Crippen LogP contribution in [0.3, 0.4) is 0 Å². The van der Waals surface area contributed by atoms with E-state index in [4.69, 9.17) is 4.42 Å². The predicted molar refractivity (Wildman–Crippen MR) is 256 cm³/mol. The van der Waals surface area contributed by atoms with Crippen molar-refractivity contribution >= 4 is 109 Å². The molecule has 0 aliphatic rings. The molecule has 0 unspecified atom stereocenters. The van der Waals surface area contributed by atoms with Gasteiger partial charge in [0.15, 0.2) is 0 Å². The van der Waals surface area contributed by atoms with Crippen molar-refractivity contribution in [3.63, 3.8) is 0 Å². The summed E-state index contributed by atoms with van der Waals surface area (Å²) in [4.78, 5) is 4.84. The first-order chi connectivity index (χ1) is 29.7. The third kappa shape index (κ3) is 5.65. The van der Waals surface area contributed by atoms with Gasteiger partial charge in [0.25, 0.3) is 0 Å². The number of furan rings is 1. The smallest absolute Gasteiger partial charge is 0.135 e. The number of rotatable bonds is 7. The van der Waals surface area contributed by atoms with Crippen molar-refractivity contribution in [2.45, 2.75) is 0 Å². The first-order valence-electron chi connectivity index (χ1n) is 20.3. The second-order valence-electron chi connectivity index (χ2n) is 15.3. The summed E-state index contributed by atoms with van der Waals surface area (Å²) in [6.45, 7) is 0. The number of hydrogen-bond acceptors (Lipinski definition) is 4. The molecule has 10 aromatic carbocycles. The molecule has 0 atom stereocenters. The van der Waals surface area contributed by atoms with Gasteiger partial charge in [-0.3, -0.25) is 0 Å². The summed E-state index contributed by atoms with van der Waals surface area (Å²) < 4.78 is 8.87. The monoisotopic (exact) mass is 784 g/mol. The Labute approximate surface area is 351 Å². The molecule has 0 fully saturated rings. The van der Waals surface area contributed by atoms with Crippen molar-refractivity contribution in [1.29, 1.82) is 0 Å². The zero-order chi connectivity index (χ0) is 39.6. The highest BCUT2D eigenvalue weighted by atomic mass is 32.1. The van der Waals surface area contributed by atoms with Crippen LogP contribution in [0.1, 0.15) is 0 Å². The molecule has 12 rings (SSSR count). The normalized spacial score (nSPS) is 11.7. The molecule has 0 spiro atoms. The molecular formula is C56H36N2OS. The van der Waals surface area contributed by atoms with Crippen LogP contribution in [-0.2, 0) is 0 Å². The summed E-state index contributed by atoms with van der Waals surface area (Å²) in [6.07, 6.45) is 0. The number of hydrogen-bond donors (Lipinski definition) is 0. The van der Waals surface area contributed by atoms with Gasteiger partial charge in [0.1, 0.15) is 11.2 Å². The fourth-order valence-electron chi connectivity index (χ4n) is 9.09. The highest BCUT2D eigenvalue weighted by molar-refractivity contribution is 7.26. The molecule has 3 nitrogen and oxygen atoms in total. The molecule has 0 saturated heterocycles. The Bertz CT molecular complexity index is 3570. The molecule has 4 heteroatoms. The van der Waals surface area contributed by atoms with Crippen molar-refractivity contribution < 1.29 is 4.42 Å². The van der Waals surface area contributed by atoms with E-state index in [-0.39, 0.29) is 0 Å². The maximum atomic E-state index is 6.33. The second-order valence-corrected chi connectivity index (χ2v) is 16.4. The van der Waals surface area contributed by atoms with Crippen LogP contribution in [0.4, 0.5) is 34.1 Å². The van der Waals surface area contributed by atoms with E-state index in [9.17, 15) is 0 Å². The topological polar surface area (TPSA) is 19.6 Å². The zero-order valence-electron chi connectivity index (χ0n) is 32.5. The fourth-order valence-corrected chi connectivity index (χ4v) is 10.3. The van der Waals surface area contributed by atoms with Gasteiger partial charge in [-0.25, -0.2) is 0 Å². The van der Waals surface area contributed by atoms with Crippen LogP contribution in [0.15, 0.2) is 223 Å². The molecule has 12 aromatic rings. The number of nitrogens with zero attached hydrogens (tertiary/aromatic N) is 2. The lowest BCUT2D eigenvalue weighted by Crippen LogP contribution is -2.13. The lowest BCUT2D eigenvalue weighted by molar-refractivity contribution is 0.669. The van der Waals surface area contributed by atoms with Crippen molar-refractivity contribution in [2.75, 3.05) is 9.80 Å². The molecule has 0 N–H and O–H groups in total. The van der Waals surface area contributed by atoms with Crippen molar-refractivity contribution in [3.05, 3.63) is 218 Å². The van der Waals surface area contributed by atoms with E-state index >= 15 is 0 Å². The summed E-state index contributed by atoms with van der Waals surface area (Å²) in [5.41, 5.74) is 10.5. The minimum atomic E-state index is 0.872. The molecule has 0 radical (unpaired) electrons. The van der Waals surface area contributed by atoms with Crippen molar-refractivity contribution in [2.24, 2.45) is 0 Å². The number of para-hydroxylation sites is 3. The summed E-state index contributed by atoms with van der Waals surface area (Å²) in [7, 11) is 0. The molecule has 0 saturated carbocycles. The summed E-state index contributed by atoms with van der Waals surface area (Å²) >= 11 is 1.86. The van der Waals surface area contributed by atoms with Gasteiger partial charge >= 0.3 is 0 Å². The van der Waals surface area contributed by atoms with Gasteiger partial charge in [-0.15, -0.1) is 11.3 Å². The Morgan fingerprint density at radius 1 is 0.333 bits per heavy atom. The molecule has 0 amide bonds. The highest BCUT2D eigenvalue weighted by Crippen LogP contribution is 2.49. The van der Waals surface area contributed by atoms with Gasteiger partial charge in [-0.1, -0.05) is 133 Å². The number of thiophene rings is 1. The van der Waals surface area contributed by atoms with Gasteiger partial charge in [0, 0.05) is 54.7 Å². The molecule has 0 aliphatic heterocycles. The van der Waals surface area contributed by atoms with Gasteiger partial charge < -0.3 is 14.2 Å². The van der Waals surface area contributed by atoms with Gasteiger partial charge in [-0.2, -0.15) is 0 Å². The second kappa shape index (κ2) is 14.0. The molecule has 60 heavy (non-hydrogen) atoms. The van der Waals surface area contributed by atoms with E-state index in [0.717, 1.165) is 61.6 Å². The lowest BCUT2D eigenvalue weighted by atomic mass is 9.92. The Balaban J connectivity index is 1.18. The van der Waals surface area contributed by atoms with Gasteiger partial charge in [-0.05, 0) is 118 Å². The van der Waals surface area contributed by atoms with E-state index in [0.29, 0.717) is 0 Å². The Morgan fingerprint density at radius 3 is 1.73 bits per heavy atom. The standard InChI is InChI=1S/C56H36N2OS/c1-3-17-39(18-4-1)57(41-30-31-54-51(36-41)47-24-11-13-28-53(47)59-54)42-32-38(50-34-37-16-7-8-21-44(37)45-22-9-10-23-46(45)50)33-43(35-42)58(40-19-5-2-6-20-40)52-27-15-26-49-48-25-12-14-29-55(48)60-56(49)52/h1-36H. The maximum absolute atomic E-state index is 6.33. The van der Waals surface area contributed by atoms with Crippen molar-refractivity contribution in [3.8, 4) is 11.1 Å². The van der Waals surface area contributed by atoms with E-state index in [1.54, 1.807) is 0 Å². The minimum Gasteiger partial charge on any atom is -0.456 e. The fraction of sp³-hybridized carbons (Fsp3) is 0. The summed E-state index contributed by atoms with van der Waals surface area (Å²) in [6, 6.07) is 78.9. The van der Waals surface area contributed by atoms with E-state index in [1.165, 1.54) is 47.3 Å². The average molecular weight is 785 g/mol. The first-order valence-corrected chi connectivity index (χ1v) is 21.1. The van der Waals surface area contributed by atoms with Crippen LogP contribution >= 0.6 is 11.3 Å². The van der Waals surface area contributed by atoms with Crippen LogP contribution in [0.2, 0.25) is 0 Å². The van der Waals surface area contributed by atoms with E-state index in [1.807, 2.05) is 23.5 Å². The first kappa shape index (κ1) is 34.4. The number of benzene rings is 10. The van der Waals surface area contributed by atoms with E-state index < -0.39 is 0 Å². The third-order valence-corrected chi connectivity index (χ3v) is 13.0. The third-order valence-electron chi connectivity index (χ3n) is 11.8. The molecule has 0 bridgehead atoms. The van der Waals surface area contributed by atoms with E-state index in [2.05, 4.69) is 216 Å². The molecule has 0 aliphatic carbocycles. The molecule has 282 valence electrons. The number of anilines is 6. The zero-order valence-corrected chi connectivity index (χ0v) is 33.3. The molecule has 2 aromatic heterocycles.